The lowest BCUT2D eigenvalue weighted by Crippen LogP contribution is -2.50. The lowest BCUT2D eigenvalue weighted by Gasteiger charge is -2.29. The van der Waals surface area contributed by atoms with Gasteiger partial charge in [0.25, 0.3) is 0 Å². The van der Waals surface area contributed by atoms with Gasteiger partial charge in [-0.25, -0.2) is 0 Å². The molecule has 0 aromatic heterocycles. The fourth-order valence-electron chi connectivity index (χ4n) is 2.48. The molecule has 1 fully saturated rings. The molecule has 0 aliphatic heterocycles. The molecule has 7 heteroatoms. The van der Waals surface area contributed by atoms with Crippen molar-refractivity contribution in [2.45, 2.75) is 76.2 Å². The van der Waals surface area contributed by atoms with Gasteiger partial charge in [-0.15, -0.1) is 0 Å². The first-order valence-electron chi connectivity index (χ1n) is 7.30. The first-order chi connectivity index (χ1) is 9.60. The molecule has 1 aliphatic rings. The highest BCUT2D eigenvalue weighted by molar-refractivity contribution is 5.81. The number of nitrogens with one attached hydrogen (secondary N) is 1. The van der Waals surface area contributed by atoms with Gasteiger partial charge in [-0.1, -0.05) is 37.7 Å². The molecule has 0 aromatic carbocycles. The maximum atomic E-state index is 12.0. The summed E-state index contributed by atoms with van der Waals surface area (Å²) >= 11 is 0. The Balaban J connectivity index is 2.56. The van der Waals surface area contributed by atoms with E-state index in [1.165, 1.54) is 0 Å². The first-order valence-corrected chi connectivity index (χ1v) is 7.30. The number of amides is 1. The molecular formula is C13H24N4O3. The van der Waals surface area contributed by atoms with Gasteiger partial charge < -0.3 is 15.5 Å². The molecule has 0 spiro atoms. The Morgan fingerprint density at radius 2 is 2.20 bits per heavy atom. The number of rotatable bonds is 7. The molecule has 0 bridgehead atoms. The Morgan fingerprint density at radius 3 is 2.80 bits per heavy atom. The second kappa shape index (κ2) is 8.79. The molecule has 3 N–H and O–H groups in total. The van der Waals surface area contributed by atoms with Gasteiger partial charge in [0, 0.05) is 4.91 Å². The minimum absolute atomic E-state index is 0.316. The molecule has 0 saturated heterocycles. The molecule has 0 heterocycles. The SMILES string of the molecule is CCCC[C@H](N=[N+]=[N-])[C@H](O)C(=O)N[C@H]1CCCC[C@@H]1O. The van der Waals surface area contributed by atoms with Gasteiger partial charge in [0.2, 0.25) is 5.91 Å². The molecular weight excluding hydrogens is 260 g/mol. The van der Waals surface area contributed by atoms with Crippen LogP contribution >= 0.6 is 0 Å². The van der Waals surface area contributed by atoms with Gasteiger partial charge in [-0.05, 0) is 24.8 Å². The fourth-order valence-corrected chi connectivity index (χ4v) is 2.48. The standard InChI is InChI=1S/C13H24N4O3/c1-2-3-6-10(16-17-14)12(19)13(20)15-9-7-4-5-8-11(9)18/h9-12,18-19H,2-8H2,1H3,(H,15,20)/t9-,10-,11-,12-/m0/s1. The summed E-state index contributed by atoms with van der Waals surface area (Å²) in [6, 6.07) is -1.07. The average Bonchev–Trinajstić information content (AvgIpc) is 2.45. The van der Waals surface area contributed by atoms with Gasteiger partial charge in [0.15, 0.2) is 0 Å². The highest BCUT2D eigenvalue weighted by Gasteiger charge is 2.30. The van der Waals surface area contributed by atoms with Crippen LogP contribution in [0, 0.1) is 0 Å². The van der Waals surface area contributed by atoms with Crippen molar-refractivity contribution in [2.24, 2.45) is 5.11 Å². The van der Waals surface area contributed by atoms with Gasteiger partial charge >= 0.3 is 0 Å². The Morgan fingerprint density at radius 1 is 1.50 bits per heavy atom. The van der Waals surface area contributed by atoms with Crippen LogP contribution in [0.2, 0.25) is 0 Å². The van der Waals surface area contributed by atoms with E-state index in [-0.39, 0.29) is 6.04 Å². The van der Waals surface area contributed by atoms with Crippen LogP contribution in [-0.4, -0.2) is 40.4 Å². The number of nitrogens with zero attached hydrogens (tertiary/aromatic N) is 3. The predicted molar refractivity (Wildman–Crippen MR) is 74.9 cm³/mol. The molecule has 20 heavy (non-hydrogen) atoms. The molecule has 1 rings (SSSR count). The monoisotopic (exact) mass is 284 g/mol. The van der Waals surface area contributed by atoms with E-state index in [2.05, 4.69) is 15.3 Å². The van der Waals surface area contributed by atoms with Crippen molar-refractivity contribution in [3.63, 3.8) is 0 Å². The molecule has 0 unspecified atom stereocenters. The fraction of sp³-hybridized carbons (Fsp3) is 0.923. The highest BCUT2D eigenvalue weighted by atomic mass is 16.3. The van der Waals surface area contributed by atoms with E-state index in [1.54, 1.807) is 0 Å². The zero-order chi connectivity index (χ0) is 15.0. The van der Waals surface area contributed by atoms with Crippen molar-refractivity contribution < 1.29 is 15.0 Å². The number of aliphatic hydroxyl groups is 2. The van der Waals surface area contributed by atoms with E-state index in [0.29, 0.717) is 19.3 Å². The van der Waals surface area contributed by atoms with E-state index in [4.69, 9.17) is 5.53 Å². The minimum atomic E-state index is -1.36. The minimum Gasteiger partial charge on any atom is -0.391 e. The molecule has 4 atom stereocenters. The van der Waals surface area contributed by atoms with Gasteiger partial charge in [-0.3, -0.25) is 4.79 Å². The number of carbonyl (C=O) groups is 1. The third kappa shape index (κ3) is 5.00. The lowest BCUT2D eigenvalue weighted by molar-refractivity contribution is -0.132. The van der Waals surface area contributed by atoms with E-state index in [1.807, 2.05) is 6.92 Å². The van der Waals surface area contributed by atoms with Crippen molar-refractivity contribution in [3.05, 3.63) is 10.4 Å². The summed E-state index contributed by atoms with van der Waals surface area (Å²) in [7, 11) is 0. The summed E-state index contributed by atoms with van der Waals surface area (Å²) in [5.74, 6) is -0.565. The predicted octanol–water partition coefficient (Wildman–Crippen LogP) is 1.64. The van der Waals surface area contributed by atoms with Crippen LogP contribution in [0.4, 0.5) is 0 Å². The van der Waals surface area contributed by atoms with Crippen molar-refractivity contribution in [2.75, 3.05) is 0 Å². The van der Waals surface area contributed by atoms with Crippen LogP contribution in [0.15, 0.2) is 5.11 Å². The van der Waals surface area contributed by atoms with Crippen LogP contribution in [0.25, 0.3) is 10.4 Å². The van der Waals surface area contributed by atoms with E-state index >= 15 is 0 Å². The van der Waals surface area contributed by atoms with Crippen LogP contribution in [0.5, 0.6) is 0 Å². The van der Waals surface area contributed by atoms with Gasteiger partial charge in [0.05, 0.1) is 18.2 Å². The van der Waals surface area contributed by atoms with Crippen molar-refractivity contribution in [1.29, 1.82) is 0 Å². The Hall–Kier alpha value is -1.30. The second-order valence-electron chi connectivity index (χ2n) is 5.33. The summed E-state index contributed by atoms with van der Waals surface area (Å²) in [6.45, 7) is 1.98. The third-order valence-electron chi connectivity index (χ3n) is 3.74. The highest BCUT2D eigenvalue weighted by Crippen LogP contribution is 2.19. The first kappa shape index (κ1) is 16.8. The summed E-state index contributed by atoms with van der Waals surface area (Å²) < 4.78 is 0. The summed E-state index contributed by atoms with van der Waals surface area (Å²) in [5, 5.41) is 26.0. The Labute approximate surface area is 119 Å². The Bertz CT molecular complexity index is 358. The third-order valence-corrected chi connectivity index (χ3v) is 3.74. The number of hydrogen-bond donors (Lipinski definition) is 3. The van der Waals surface area contributed by atoms with Crippen LogP contribution in [0.3, 0.4) is 0 Å². The number of unbranched alkanes of at least 4 members (excludes halogenated alkanes) is 1. The summed E-state index contributed by atoms with van der Waals surface area (Å²) in [6.07, 6.45) is 3.51. The van der Waals surface area contributed by atoms with E-state index in [0.717, 1.165) is 25.7 Å². The zero-order valence-corrected chi connectivity index (χ0v) is 11.9. The van der Waals surface area contributed by atoms with Gasteiger partial charge in [-0.2, -0.15) is 0 Å². The number of hydrogen-bond acceptors (Lipinski definition) is 4. The smallest absolute Gasteiger partial charge is 0.249 e. The quantitative estimate of drug-likeness (QED) is 0.374. The van der Waals surface area contributed by atoms with Crippen LogP contribution < -0.4 is 5.32 Å². The number of aliphatic hydroxyl groups excluding tert-OH is 2. The number of carbonyl (C=O) groups excluding carboxylic acids is 1. The Kier molecular flexibility index (Phi) is 7.36. The molecule has 1 amide bonds. The zero-order valence-electron chi connectivity index (χ0n) is 11.9. The number of azide groups is 1. The molecule has 1 saturated carbocycles. The molecule has 7 nitrogen and oxygen atoms in total. The summed E-state index contributed by atoms with van der Waals surface area (Å²) in [5.41, 5.74) is 8.51. The maximum Gasteiger partial charge on any atom is 0.249 e. The molecule has 114 valence electrons. The van der Waals surface area contributed by atoms with Crippen molar-refractivity contribution >= 4 is 5.91 Å². The van der Waals surface area contributed by atoms with Crippen LogP contribution in [0.1, 0.15) is 51.9 Å². The summed E-state index contributed by atoms with van der Waals surface area (Å²) in [4.78, 5) is 14.7. The molecule has 0 radical (unpaired) electrons. The average molecular weight is 284 g/mol. The normalized spacial score (nSPS) is 25.4. The van der Waals surface area contributed by atoms with Crippen LogP contribution in [-0.2, 0) is 4.79 Å². The van der Waals surface area contributed by atoms with E-state index < -0.39 is 24.2 Å². The lowest BCUT2D eigenvalue weighted by atomic mass is 9.92. The second-order valence-corrected chi connectivity index (χ2v) is 5.33. The van der Waals surface area contributed by atoms with Gasteiger partial charge in [0.1, 0.15) is 6.10 Å². The largest absolute Gasteiger partial charge is 0.391 e. The van der Waals surface area contributed by atoms with Crippen molar-refractivity contribution in [3.8, 4) is 0 Å². The van der Waals surface area contributed by atoms with E-state index in [9.17, 15) is 15.0 Å². The maximum absolute atomic E-state index is 12.0. The van der Waals surface area contributed by atoms with Crippen molar-refractivity contribution in [1.82, 2.24) is 5.32 Å². The molecule has 1 aliphatic carbocycles. The molecule has 0 aromatic rings. The topological polar surface area (TPSA) is 118 Å².